The van der Waals surface area contributed by atoms with Gasteiger partial charge in [-0.15, -0.1) is 11.8 Å². The van der Waals surface area contributed by atoms with Crippen molar-refractivity contribution in [3.63, 3.8) is 0 Å². The Bertz CT molecular complexity index is 544. The molecule has 0 aliphatic carbocycles. The predicted molar refractivity (Wildman–Crippen MR) is 87.2 cm³/mol. The fraction of sp³-hybridized carbons (Fsp3) is 0.333. The number of thioether (sulfide) groups is 1. The lowest BCUT2D eigenvalue weighted by Gasteiger charge is -2.09. The van der Waals surface area contributed by atoms with E-state index in [4.69, 9.17) is 0 Å². The van der Waals surface area contributed by atoms with Crippen molar-refractivity contribution in [1.29, 1.82) is 0 Å². The average molecular weight is 286 g/mol. The standard InChI is InChI=1S/C18H22OS/c1-13(2)16-9-7-15(8-10-16)12-20-18-6-4-5-17(11-18)14(3)19/h4-11,13-14,19H,12H2,1-3H3. The SMILES string of the molecule is CC(C)c1ccc(CSc2cccc(C(C)O)c2)cc1. The first-order valence-corrected chi connectivity index (χ1v) is 8.04. The molecular formula is C18H22OS. The number of benzene rings is 2. The lowest BCUT2D eigenvalue weighted by molar-refractivity contribution is 0.199. The van der Waals surface area contributed by atoms with Gasteiger partial charge in [-0.3, -0.25) is 0 Å². The summed E-state index contributed by atoms with van der Waals surface area (Å²) >= 11 is 1.81. The number of rotatable bonds is 5. The Morgan fingerprint density at radius 1 is 0.950 bits per heavy atom. The smallest absolute Gasteiger partial charge is 0.0762 e. The van der Waals surface area contributed by atoms with E-state index in [9.17, 15) is 5.11 Å². The number of hydrogen-bond donors (Lipinski definition) is 1. The summed E-state index contributed by atoms with van der Waals surface area (Å²) in [6, 6.07) is 17.0. The van der Waals surface area contributed by atoms with Crippen molar-refractivity contribution in [2.45, 2.75) is 43.4 Å². The topological polar surface area (TPSA) is 20.2 Å². The molecule has 0 amide bonds. The minimum Gasteiger partial charge on any atom is -0.389 e. The molecule has 20 heavy (non-hydrogen) atoms. The van der Waals surface area contributed by atoms with Crippen LogP contribution < -0.4 is 0 Å². The Kier molecular flexibility index (Phi) is 5.27. The van der Waals surface area contributed by atoms with Crippen molar-refractivity contribution in [2.75, 3.05) is 0 Å². The monoisotopic (exact) mass is 286 g/mol. The molecule has 0 heterocycles. The highest BCUT2D eigenvalue weighted by Gasteiger charge is 2.03. The van der Waals surface area contributed by atoms with Gasteiger partial charge in [-0.1, -0.05) is 50.2 Å². The quantitative estimate of drug-likeness (QED) is 0.766. The summed E-state index contributed by atoms with van der Waals surface area (Å²) in [5.74, 6) is 1.54. The molecule has 0 saturated heterocycles. The lowest BCUT2D eigenvalue weighted by atomic mass is 10.0. The Labute approximate surface area is 126 Å². The van der Waals surface area contributed by atoms with E-state index < -0.39 is 6.10 Å². The molecule has 0 fully saturated rings. The van der Waals surface area contributed by atoms with Crippen molar-refractivity contribution >= 4 is 11.8 Å². The molecule has 0 bridgehead atoms. The largest absolute Gasteiger partial charge is 0.389 e. The summed E-state index contributed by atoms with van der Waals surface area (Å²) < 4.78 is 0. The van der Waals surface area contributed by atoms with Crippen molar-refractivity contribution in [3.05, 3.63) is 65.2 Å². The van der Waals surface area contributed by atoms with E-state index in [-0.39, 0.29) is 0 Å². The third-order valence-electron chi connectivity index (χ3n) is 3.39. The zero-order valence-electron chi connectivity index (χ0n) is 12.3. The van der Waals surface area contributed by atoms with Crippen molar-refractivity contribution in [2.24, 2.45) is 0 Å². The van der Waals surface area contributed by atoms with Crippen LogP contribution in [0.15, 0.2) is 53.4 Å². The Morgan fingerprint density at radius 3 is 2.25 bits per heavy atom. The molecule has 2 rings (SSSR count). The van der Waals surface area contributed by atoms with E-state index in [1.165, 1.54) is 16.0 Å². The molecule has 0 spiro atoms. The van der Waals surface area contributed by atoms with Gasteiger partial charge < -0.3 is 5.11 Å². The second-order valence-electron chi connectivity index (χ2n) is 5.43. The fourth-order valence-corrected chi connectivity index (χ4v) is 2.95. The molecule has 1 unspecified atom stereocenters. The summed E-state index contributed by atoms with van der Waals surface area (Å²) in [5.41, 5.74) is 3.70. The Morgan fingerprint density at radius 2 is 1.65 bits per heavy atom. The van der Waals surface area contributed by atoms with Crippen molar-refractivity contribution in [3.8, 4) is 0 Å². The van der Waals surface area contributed by atoms with Gasteiger partial charge in [0.05, 0.1) is 6.10 Å². The van der Waals surface area contributed by atoms with Crippen LogP contribution in [0.5, 0.6) is 0 Å². The maximum absolute atomic E-state index is 9.61. The van der Waals surface area contributed by atoms with Crippen molar-refractivity contribution in [1.82, 2.24) is 0 Å². The van der Waals surface area contributed by atoms with Crippen LogP contribution in [-0.4, -0.2) is 5.11 Å². The second kappa shape index (κ2) is 6.96. The molecule has 2 aromatic rings. The Balaban J connectivity index is 1.99. The molecule has 0 radical (unpaired) electrons. The van der Waals surface area contributed by atoms with Crippen LogP contribution in [0.2, 0.25) is 0 Å². The molecule has 0 aliphatic rings. The summed E-state index contributed by atoms with van der Waals surface area (Å²) in [7, 11) is 0. The van der Waals surface area contributed by atoms with Gasteiger partial charge in [0.1, 0.15) is 0 Å². The molecule has 2 heteroatoms. The molecule has 0 aliphatic heterocycles. The highest BCUT2D eigenvalue weighted by molar-refractivity contribution is 7.98. The zero-order chi connectivity index (χ0) is 14.5. The first kappa shape index (κ1) is 15.1. The van der Waals surface area contributed by atoms with Gasteiger partial charge in [0.15, 0.2) is 0 Å². The van der Waals surface area contributed by atoms with Crippen LogP contribution >= 0.6 is 11.8 Å². The molecular weight excluding hydrogens is 264 g/mol. The van der Waals surface area contributed by atoms with Gasteiger partial charge in [0.25, 0.3) is 0 Å². The third kappa shape index (κ3) is 4.12. The molecule has 1 N–H and O–H groups in total. The fourth-order valence-electron chi connectivity index (χ4n) is 2.03. The highest BCUT2D eigenvalue weighted by Crippen LogP contribution is 2.26. The number of hydrogen-bond acceptors (Lipinski definition) is 2. The summed E-state index contributed by atoms with van der Waals surface area (Å²) in [5, 5.41) is 9.61. The highest BCUT2D eigenvalue weighted by atomic mass is 32.2. The van der Waals surface area contributed by atoms with E-state index >= 15 is 0 Å². The van der Waals surface area contributed by atoms with E-state index in [0.29, 0.717) is 5.92 Å². The molecule has 0 aromatic heterocycles. The summed E-state index contributed by atoms with van der Waals surface area (Å²) in [6.45, 7) is 6.23. The van der Waals surface area contributed by atoms with Gasteiger partial charge in [0, 0.05) is 10.6 Å². The maximum Gasteiger partial charge on any atom is 0.0762 e. The minimum absolute atomic E-state index is 0.402. The van der Waals surface area contributed by atoms with Gasteiger partial charge in [-0.2, -0.15) is 0 Å². The van der Waals surface area contributed by atoms with Crippen LogP contribution in [0.1, 0.15) is 49.5 Å². The normalized spacial score (nSPS) is 12.7. The Hall–Kier alpha value is -1.25. The van der Waals surface area contributed by atoms with E-state index in [1.807, 2.05) is 23.9 Å². The van der Waals surface area contributed by atoms with E-state index in [2.05, 4.69) is 50.2 Å². The first-order valence-electron chi connectivity index (χ1n) is 7.06. The van der Waals surface area contributed by atoms with Crippen LogP contribution in [0.25, 0.3) is 0 Å². The zero-order valence-corrected chi connectivity index (χ0v) is 13.2. The summed E-state index contributed by atoms with van der Waals surface area (Å²) in [4.78, 5) is 1.20. The average Bonchev–Trinajstić information content (AvgIpc) is 2.46. The van der Waals surface area contributed by atoms with Crippen molar-refractivity contribution < 1.29 is 5.11 Å². The van der Waals surface area contributed by atoms with E-state index in [1.54, 1.807) is 6.92 Å². The van der Waals surface area contributed by atoms with Crippen LogP contribution in [0, 0.1) is 0 Å². The second-order valence-corrected chi connectivity index (χ2v) is 6.48. The molecule has 0 saturated carbocycles. The third-order valence-corrected chi connectivity index (χ3v) is 4.46. The van der Waals surface area contributed by atoms with E-state index in [0.717, 1.165) is 11.3 Å². The van der Waals surface area contributed by atoms with Gasteiger partial charge in [-0.25, -0.2) is 0 Å². The maximum atomic E-state index is 9.61. The summed E-state index contributed by atoms with van der Waals surface area (Å²) in [6.07, 6.45) is -0.402. The molecule has 2 aromatic carbocycles. The van der Waals surface area contributed by atoms with Crippen LogP contribution in [0.4, 0.5) is 0 Å². The first-order chi connectivity index (χ1) is 9.56. The lowest BCUT2D eigenvalue weighted by Crippen LogP contribution is -1.91. The molecule has 106 valence electrons. The molecule has 1 nitrogen and oxygen atoms in total. The van der Waals surface area contributed by atoms with Crippen LogP contribution in [0.3, 0.4) is 0 Å². The van der Waals surface area contributed by atoms with Gasteiger partial charge in [-0.05, 0) is 41.7 Å². The predicted octanol–water partition coefficient (Wildman–Crippen LogP) is 5.16. The number of aliphatic hydroxyl groups is 1. The van der Waals surface area contributed by atoms with Crippen LogP contribution in [-0.2, 0) is 5.75 Å². The van der Waals surface area contributed by atoms with Gasteiger partial charge >= 0.3 is 0 Å². The number of aliphatic hydroxyl groups excluding tert-OH is 1. The minimum atomic E-state index is -0.402. The molecule has 1 atom stereocenters. The van der Waals surface area contributed by atoms with Gasteiger partial charge in [0.2, 0.25) is 0 Å².